The maximum atomic E-state index is 12.3. The lowest BCUT2D eigenvalue weighted by molar-refractivity contribution is -0.115. The van der Waals surface area contributed by atoms with Gasteiger partial charge < -0.3 is 20.1 Å². The van der Waals surface area contributed by atoms with Crippen LogP contribution in [0.15, 0.2) is 34.8 Å². The fraction of sp³-hybridized carbons (Fsp3) is 0.316. The van der Waals surface area contributed by atoms with Crippen molar-refractivity contribution >= 4 is 39.1 Å². The van der Waals surface area contributed by atoms with Crippen molar-refractivity contribution < 1.29 is 14.3 Å². The first-order valence-corrected chi connectivity index (χ1v) is 9.23. The first-order valence-electron chi connectivity index (χ1n) is 8.06. The molecule has 0 fully saturated rings. The zero-order valence-electron chi connectivity index (χ0n) is 15.2. The molecule has 0 radical (unpaired) electrons. The summed E-state index contributed by atoms with van der Waals surface area (Å²) in [6.45, 7) is 4.03. The zero-order chi connectivity index (χ0) is 19.3. The van der Waals surface area contributed by atoms with E-state index in [1.54, 1.807) is 26.4 Å². The number of halogens is 2. The van der Waals surface area contributed by atoms with Gasteiger partial charge in [0.2, 0.25) is 5.91 Å². The Morgan fingerprint density at radius 2 is 1.88 bits per heavy atom. The van der Waals surface area contributed by atoms with Crippen LogP contribution in [-0.4, -0.2) is 26.7 Å². The van der Waals surface area contributed by atoms with Gasteiger partial charge in [0.15, 0.2) is 0 Å². The minimum Gasteiger partial charge on any atom is -0.496 e. The highest BCUT2D eigenvalue weighted by atomic mass is 79.9. The van der Waals surface area contributed by atoms with Gasteiger partial charge in [-0.05, 0) is 59.1 Å². The highest BCUT2D eigenvalue weighted by molar-refractivity contribution is 9.10. The highest BCUT2D eigenvalue weighted by Gasteiger charge is 2.13. The van der Waals surface area contributed by atoms with Gasteiger partial charge in [-0.25, -0.2) is 0 Å². The second kappa shape index (κ2) is 9.26. The third-order valence-electron chi connectivity index (χ3n) is 4.00. The summed E-state index contributed by atoms with van der Waals surface area (Å²) in [5, 5.41) is 6.65. The van der Waals surface area contributed by atoms with E-state index in [-0.39, 0.29) is 18.5 Å². The number of amides is 1. The normalized spacial score (nSPS) is 11.8. The molecule has 2 aromatic carbocycles. The second-order valence-corrected chi connectivity index (χ2v) is 7.11. The lowest BCUT2D eigenvalue weighted by atomic mass is 10.1. The van der Waals surface area contributed by atoms with E-state index in [0.717, 1.165) is 21.3 Å². The van der Waals surface area contributed by atoms with E-state index in [0.29, 0.717) is 16.5 Å². The third-order valence-corrected chi connectivity index (χ3v) is 5.03. The van der Waals surface area contributed by atoms with Gasteiger partial charge in [0.25, 0.3) is 0 Å². The molecule has 140 valence electrons. The van der Waals surface area contributed by atoms with Crippen LogP contribution in [0.2, 0.25) is 5.02 Å². The minimum atomic E-state index is -0.163. The van der Waals surface area contributed by atoms with Gasteiger partial charge >= 0.3 is 0 Å². The molecule has 0 saturated heterocycles. The molecule has 2 rings (SSSR count). The van der Waals surface area contributed by atoms with Crippen molar-refractivity contribution in [1.82, 2.24) is 5.32 Å². The van der Waals surface area contributed by atoms with Crippen LogP contribution in [0.5, 0.6) is 11.5 Å². The van der Waals surface area contributed by atoms with Crippen LogP contribution >= 0.6 is 27.5 Å². The molecule has 0 aliphatic rings. The molecule has 7 heteroatoms. The molecule has 2 aromatic rings. The molecule has 0 aliphatic heterocycles. The van der Waals surface area contributed by atoms with Gasteiger partial charge in [-0.3, -0.25) is 4.79 Å². The summed E-state index contributed by atoms with van der Waals surface area (Å²) in [4.78, 5) is 12.3. The number of hydrogen-bond acceptors (Lipinski definition) is 4. The van der Waals surface area contributed by atoms with E-state index in [9.17, 15) is 4.79 Å². The fourth-order valence-electron chi connectivity index (χ4n) is 2.44. The number of aryl methyl sites for hydroxylation is 1. The van der Waals surface area contributed by atoms with Crippen molar-refractivity contribution in [3.63, 3.8) is 0 Å². The number of carbonyl (C=O) groups excluding carboxylic acids is 1. The van der Waals surface area contributed by atoms with Crippen LogP contribution in [0.4, 0.5) is 5.69 Å². The summed E-state index contributed by atoms with van der Waals surface area (Å²) < 4.78 is 11.4. The maximum absolute atomic E-state index is 12.3. The van der Waals surface area contributed by atoms with E-state index >= 15 is 0 Å². The monoisotopic (exact) mass is 440 g/mol. The van der Waals surface area contributed by atoms with Gasteiger partial charge in [0.1, 0.15) is 11.5 Å². The Balaban J connectivity index is 1.98. The number of ether oxygens (including phenoxy) is 2. The highest BCUT2D eigenvalue weighted by Crippen LogP contribution is 2.31. The molecule has 0 aromatic heterocycles. The minimum absolute atomic E-state index is 0.00296. The van der Waals surface area contributed by atoms with Crippen LogP contribution in [0.3, 0.4) is 0 Å². The summed E-state index contributed by atoms with van der Waals surface area (Å²) in [6, 6.07) is 9.31. The van der Waals surface area contributed by atoms with Crippen molar-refractivity contribution in [1.29, 1.82) is 0 Å². The molecule has 1 amide bonds. The van der Waals surface area contributed by atoms with Crippen molar-refractivity contribution in [2.45, 2.75) is 19.9 Å². The smallest absolute Gasteiger partial charge is 0.238 e. The van der Waals surface area contributed by atoms with Gasteiger partial charge in [-0.2, -0.15) is 0 Å². The van der Waals surface area contributed by atoms with Gasteiger partial charge in [0, 0.05) is 17.1 Å². The van der Waals surface area contributed by atoms with Crippen molar-refractivity contribution in [3.8, 4) is 11.5 Å². The van der Waals surface area contributed by atoms with E-state index in [1.165, 1.54) is 0 Å². The summed E-state index contributed by atoms with van der Waals surface area (Å²) in [6.07, 6.45) is 0. The van der Waals surface area contributed by atoms with Gasteiger partial charge in [-0.15, -0.1) is 0 Å². The predicted octanol–water partition coefficient (Wildman–Crippen LogP) is 4.72. The predicted molar refractivity (Wildman–Crippen MR) is 108 cm³/mol. The third kappa shape index (κ3) is 5.13. The quantitative estimate of drug-likeness (QED) is 0.653. The summed E-state index contributed by atoms with van der Waals surface area (Å²) in [7, 11) is 3.16. The van der Waals surface area contributed by atoms with Gasteiger partial charge in [0.05, 0.1) is 30.9 Å². The molecule has 0 heterocycles. The van der Waals surface area contributed by atoms with E-state index in [4.69, 9.17) is 21.1 Å². The molecule has 1 unspecified atom stereocenters. The lowest BCUT2D eigenvalue weighted by Crippen LogP contribution is -2.30. The summed E-state index contributed by atoms with van der Waals surface area (Å²) in [5.41, 5.74) is 2.51. The number of hydrogen-bond donors (Lipinski definition) is 2. The van der Waals surface area contributed by atoms with Crippen LogP contribution in [0.1, 0.15) is 24.1 Å². The second-order valence-electron chi connectivity index (χ2n) is 5.85. The molecular weight excluding hydrogens is 420 g/mol. The Morgan fingerprint density at radius 3 is 2.50 bits per heavy atom. The molecular formula is C19H22BrClN2O3. The average Bonchev–Trinajstić information content (AvgIpc) is 2.62. The molecule has 2 N–H and O–H groups in total. The van der Waals surface area contributed by atoms with Crippen molar-refractivity contribution in [3.05, 3.63) is 51.0 Å². The number of methoxy groups -OCH3 is 2. The molecule has 1 atom stereocenters. The topological polar surface area (TPSA) is 59.6 Å². The lowest BCUT2D eigenvalue weighted by Gasteiger charge is -2.16. The Labute approximate surface area is 167 Å². The molecule has 0 spiro atoms. The molecule has 5 nitrogen and oxygen atoms in total. The maximum Gasteiger partial charge on any atom is 0.238 e. The van der Waals surface area contributed by atoms with E-state index in [2.05, 4.69) is 26.6 Å². The number of benzene rings is 2. The fourth-order valence-corrected chi connectivity index (χ4v) is 3.15. The summed E-state index contributed by atoms with van der Waals surface area (Å²) >= 11 is 9.56. The Hall–Kier alpha value is -1.76. The molecule has 0 saturated carbocycles. The number of anilines is 1. The number of carbonyl (C=O) groups is 1. The molecule has 0 bridgehead atoms. The number of nitrogens with one attached hydrogen (secondary N) is 2. The van der Waals surface area contributed by atoms with Crippen LogP contribution in [0.25, 0.3) is 0 Å². The largest absolute Gasteiger partial charge is 0.496 e. The van der Waals surface area contributed by atoms with E-state index < -0.39 is 0 Å². The van der Waals surface area contributed by atoms with Crippen LogP contribution in [0, 0.1) is 6.92 Å². The molecule has 0 aliphatic carbocycles. The Morgan fingerprint density at radius 1 is 1.19 bits per heavy atom. The van der Waals surface area contributed by atoms with Crippen molar-refractivity contribution in [2.24, 2.45) is 0 Å². The number of rotatable bonds is 7. The first-order chi connectivity index (χ1) is 12.3. The van der Waals surface area contributed by atoms with Crippen molar-refractivity contribution in [2.75, 3.05) is 26.1 Å². The first kappa shape index (κ1) is 20.6. The standard InChI is InChI=1S/C19H22BrClN2O3/c1-11-7-16(18(26-4)9-15(11)21)23-19(24)10-22-12(2)13-5-6-17(25-3)14(20)8-13/h5-9,12,22H,10H2,1-4H3,(H,23,24). The van der Waals surface area contributed by atoms with Crippen LogP contribution < -0.4 is 20.1 Å². The SMILES string of the molecule is COc1ccc(C(C)NCC(=O)Nc2cc(C)c(Cl)cc2OC)cc1Br. The van der Waals surface area contributed by atoms with E-state index in [1.807, 2.05) is 32.0 Å². The van der Waals surface area contributed by atoms with Gasteiger partial charge in [-0.1, -0.05) is 17.7 Å². The Kier molecular flexibility index (Phi) is 7.32. The Bertz CT molecular complexity index is 799. The zero-order valence-corrected chi connectivity index (χ0v) is 17.5. The molecule has 26 heavy (non-hydrogen) atoms. The summed E-state index contributed by atoms with van der Waals surface area (Å²) in [5.74, 6) is 1.13. The average molecular weight is 442 g/mol. The van der Waals surface area contributed by atoms with Crippen LogP contribution in [-0.2, 0) is 4.79 Å².